The zero-order chi connectivity index (χ0) is 7.72. The number of nitrogens with two attached hydrogens (primary N) is 1. The van der Waals surface area contributed by atoms with Crippen molar-refractivity contribution in [3.8, 4) is 0 Å². The Bertz CT molecular complexity index is 242. The van der Waals surface area contributed by atoms with Gasteiger partial charge in [0.2, 0.25) is 0 Å². The van der Waals surface area contributed by atoms with Gasteiger partial charge in [0.1, 0.15) is 18.1 Å². The van der Waals surface area contributed by atoms with E-state index >= 15 is 0 Å². The van der Waals surface area contributed by atoms with Crippen molar-refractivity contribution in [3.05, 3.63) is 16.9 Å². The molecule has 0 aliphatic carbocycles. The number of halogens is 1. The topological polar surface area (TPSA) is 51.8 Å². The van der Waals surface area contributed by atoms with Crippen molar-refractivity contribution in [2.24, 2.45) is 0 Å². The van der Waals surface area contributed by atoms with E-state index in [0.717, 1.165) is 0 Å². The minimum absolute atomic E-state index is 0.0203. The average Bonchev–Trinajstić information content (AvgIpc) is 1.82. The molecule has 0 atom stereocenters. The average molecular weight is 176 g/mol. The van der Waals surface area contributed by atoms with Crippen LogP contribution in [0, 0.1) is 0 Å². The Morgan fingerprint density at radius 1 is 1.75 bits per heavy atom. The molecule has 0 saturated carbocycles. The molecule has 0 aliphatic rings. The molecule has 8 heavy (non-hydrogen) atoms. The first-order chi connectivity index (χ1) is 4.61. The van der Waals surface area contributed by atoms with Crippen LogP contribution in [0.5, 0.6) is 0 Å². The van der Waals surface area contributed by atoms with E-state index in [2.05, 4.69) is 25.9 Å². The molecule has 0 bridgehead atoms. The molecular weight excluding hydrogens is 170 g/mol. The number of nitrogen functional groups attached to an aromatic ring is 1. The second-order valence-electron chi connectivity index (χ2n) is 1.12. The lowest BCUT2D eigenvalue weighted by Crippen LogP contribution is -1.89. The van der Waals surface area contributed by atoms with E-state index in [0.29, 0.717) is 0 Å². The molecule has 0 aromatic carbocycles. The lowest BCUT2D eigenvalue weighted by Gasteiger charge is -1.87. The lowest BCUT2D eigenvalue weighted by molar-refractivity contribution is 1.15. The fraction of sp³-hybridized carbons (Fsp3) is 0. The van der Waals surface area contributed by atoms with Crippen LogP contribution in [0.15, 0.2) is 16.9 Å². The molecule has 0 spiro atoms. The minimum Gasteiger partial charge on any atom is -0.384 e. The standard InChI is InChI=1S/C4H4BrN3/c5-3-1-4(6)8-2-7-3/h1-2H,(H2,6,7,8)/i1D,2D. The third kappa shape index (κ3) is 1.16. The van der Waals surface area contributed by atoms with Crippen molar-refractivity contribution >= 4 is 21.7 Å². The summed E-state index contributed by atoms with van der Waals surface area (Å²) in [6.07, 6.45) is -0.180. The summed E-state index contributed by atoms with van der Waals surface area (Å²) in [6, 6.07) is 0.0241. The van der Waals surface area contributed by atoms with Crippen LogP contribution in [0.1, 0.15) is 2.74 Å². The molecule has 0 unspecified atom stereocenters. The highest BCUT2D eigenvalue weighted by Gasteiger charge is 1.85. The van der Waals surface area contributed by atoms with Gasteiger partial charge in [-0.1, -0.05) is 0 Å². The first-order valence-electron chi connectivity index (χ1n) is 2.87. The third-order valence-electron chi connectivity index (χ3n) is 0.550. The van der Waals surface area contributed by atoms with Gasteiger partial charge in [-0.05, 0) is 15.9 Å². The Labute approximate surface area is 57.9 Å². The zero-order valence-electron chi connectivity index (χ0n) is 5.85. The predicted molar refractivity (Wildman–Crippen MR) is 34.1 cm³/mol. The lowest BCUT2D eigenvalue weighted by atomic mass is 10.6. The highest BCUT2D eigenvalue weighted by Crippen LogP contribution is 2.04. The number of rotatable bonds is 0. The van der Waals surface area contributed by atoms with E-state index in [9.17, 15) is 0 Å². The molecule has 1 aromatic rings. The molecule has 0 saturated heterocycles. The first-order valence-corrected chi connectivity index (χ1v) is 2.67. The van der Waals surface area contributed by atoms with Crippen LogP contribution < -0.4 is 5.73 Å². The van der Waals surface area contributed by atoms with Gasteiger partial charge in [-0.15, -0.1) is 0 Å². The Morgan fingerprint density at radius 2 is 2.50 bits per heavy atom. The van der Waals surface area contributed by atoms with Crippen LogP contribution in [-0.4, -0.2) is 9.97 Å². The summed E-state index contributed by atoms with van der Waals surface area (Å²) in [4.78, 5) is 6.99. The van der Waals surface area contributed by atoms with Gasteiger partial charge in [0, 0.05) is 6.04 Å². The van der Waals surface area contributed by atoms with Crippen LogP contribution in [0.3, 0.4) is 0 Å². The van der Waals surface area contributed by atoms with E-state index in [4.69, 9.17) is 8.48 Å². The number of hydrogen-bond acceptors (Lipinski definition) is 3. The summed E-state index contributed by atoms with van der Waals surface area (Å²) >= 11 is 2.96. The molecule has 1 heterocycles. The largest absolute Gasteiger partial charge is 0.384 e. The van der Waals surface area contributed by atoms with E-state index in [1.807, 2.05) is 0 Å². The molecule has 3 nitrogen and oxygen atoms in total. The molecule has 1 aromatic heterocycles. The second-order valence-corrected chi connectivity index (χ2v) is 1.88. The van der Waals surface area contributed by atoms with Crippen LogP contribution >= 0.6 is 15.9 Å². The Morgan fingerprint density at radius 3 is 3.12 bits per heavy atom. The van der Waals surface area contributed by atoms with Crippen molar-refractivity contribution in [2.45, 2.75) is 0 Å². The minimum atomic E-state index is -0.180. The summed E-state index contributed by atoms with van der Waals surface area (Å²) in [5.74, 6) is 0.0203. The summed E-state index contributed by atoms with van der Waals surface area (Å²) < 4.78 is 14.4. The first kappa shape index (κ1) is 3.40. The maximum Gasteiger partial charge on any atom is 0.127 e. The second kappa shape index (κ2) is 2.09. The number of nitrogens with zero attached hydrogens (tertiary/aromatic N) is 2. The molecule has 0 aliphatic heterocycles. The van der Waals surface area contributed by atoms with Gasteiger partial charge in [-0.2, -0.15) is 0 Å². The Balaban J connectivity index is 3.31. The van der Waals surface area contributed by atoms with Gasteiger partial charge >= 0.3 is 0 Å². The molecule has 0 amide bonds. The van der Waals surface area contributed by atoms with Gasteiger partial charge in [0.25, 0.3) is 0 Å². The molecule has 4 heteroatoms. The van der Waals surface area contributed by atoms with Crippen LogP contribution in [0.2, 0.25) is 0 Å². The van der Waals surface area contributed by atoms with Crippen molar-refractivity contribution in [1.29, 1.82) is 0 Å². The predicted octanol–water partition coefficient (Wildman–Crippen LogP) is 0.821. The Hall–Kier alpha value is -0.640. The normalized spacial score (nSPS) is 12.6. The van der Waals surface area contributed by atoms with E-state index < -0.39 is 0 Å². The van der Waals surface area contributed by atoms with Gasteiger partial charge in [0.15, 0.2) is 0 Å². The van der Waals surface area contributed by atoms with Crippen LogP contribution in [0.4, 0.5) is 5.82 Å². The molecule has 2 N–H and O–H groups in total. The number of anilines is 1. The van der Waals surface area contributed by atoms with Crippen LogP contribution in [0.25, 0.3) is 0 Å². The highest BCUT2D eigenvalue weighted by molar-refractivity contribution is 9.10. The van der Waals surface area contributed by atoms with Gasteiger partial charge < -0.3 is 5.73 Å². The van der Waals surface area contributed by atoms with Crippen molar-refractivity contribution < 1.29 is 2.74 Å². The zero-order valence-corrected chi connectivity index (χ0v) is 5.44. The van der Waals surface area contributed by atoms with Crippen molar-refractivity contribution in [3.63, 3.8) is 0 Å². The summed E-state index contributed by atoms with van der Waals surface area (Å²) in [5, 5.41) is 0. The van der Waals surface area contributed by atoms with Crippen molar-refractivity contribution in [1.82, 2.24) is 9.97 Å². The van der Waals surface area contributed by atoms with Gasteiger partial charge in [-0.25, -0.2) is 9.97 Å². The van der Waals surface area contributed by atoms with Gasteiger partial charge in [-0.3, -0.25) is 0 Å². The summed E-state index contributed by atoms with van der Waals surface area (Å²) in [5.41, 5.74) is 5.23. The molecule has 1 rings (SSSR count). The number of hydrogen-bond donors (Lipinski definition) is 1. The maximum absolute atomic E-state index is 7.16. The maximum atomic E-state index is 7.16. The summed E-state index contributed by atoms with van der Waals surface area (Å²) in [7, 11) is 0. The fourth-order valence-corrected chi connectivity index (χ4v) is 0.567. The smallest absolute Gasteiger partial charge is 0.127 e. The Kier molecular flexibility index (Phi) is 0.886. The van der Waals surface area contributed by atoms with Crippen molar-refractivity contribution in [2.75, 3.05) is 5.73 Å². The molecular formula is C4H4BrN3. The molecule has 42 valence electrons. The number of aromatic nitrogens is 2. The fourth-order valence-electron chi connectivity index (χ4n) is 0.284. The molecule has 0 fully saturated rings. The SMILES string of the molecule is [2H]c1nc(N)c([2H])c(Br)n1. The summed E-state index contributed by atoms with van der Waals surface area (Å²) in [6.45, 7) is 0. The van der Waals surface area contributed by atoms with Gasteiger partial charge in [0.05, 0.1) is 1.37 Å². The highest BCUT2D eigenvalue weighted by atomic mass is 79.9. The quantitative estimate of drug-likeness (QED) is 0.595. The molecule has 0 radical (unpaired) electrons. The monoisotopic (exact) mass is 175 g/mol. The third-order valence-corrected chi connectivity index (χ3v) is 0.925. The van der Waals surface area contributed by atoms with E-state index in [1.54, 1.807) is 0 Å². The van der Waals surface area contributed by atoms with E-state index in [-0.39, 0.29) is 22.8 Å². The van der Waals surface area contributed by atoms with Crippen LogP contribution in [-0.2, 0) is 0 Å². The van der Waals surface area contributed by atoms with E-state index in [1.165, 1.54) is 0 Å².